The number of nitrogens with two attached hydrogens (primary N) is 1. The number of methoxy groups -OCH3 is 1. The molecule has 0 aliphatic rings. The Labute approximate surface area is 117 Å². The summed E-state index contributed by atoms with van der Waals surface area (Å²) in [5.41, 5.74) is 7.79. The summed E-state index contributed by atoms with van der Waals surface area (Å²) in [6, 6.07) is 9.77. The van der Waals surface area contributed by atoms with Gasteiger partial charge >= 0.3 is 0 Å². The molecule has 1 amide bonds. The molecule has 5 nitrogen and oxygen atoms in total. The van der Waals surface area contributed by atoms with Crippen molar-refractivity contribution in [3.63, 3.8) is 0 Å². The van der Waals surface area contributed by atoms with Crippen LogP contribution in [0, 0.1) is 6.92 Å². The first-order valence-corrected chi connectivity index (χ1v) is 6.05. The van der Waals surface area contributed by atoms with E-state index in [1.54, 1.807) is 30.3 Å². The normalized spacial score (nSPS) is 10.1. The highest BCUT2D eigenvalue weighted by atomic mass is 16.5. The Morgan fingerprint density at radius 3 is 2.70 bits per heavy atom. The molecule has 2 aromatic rings. The number of rotatable bonds is 3. The number of hydrogen-bond acceptors (Lipinski definition) is 4. The van der Waals surface area contributed by atoms with Gasteiger partial charge in [-0.05, 0) is 31.2 Å². The number of hydrogen-bond donors (Lipinski definition) is 3. The van der Waals surface area contributed by atoms with Gasteiger partial charge in [0.2, 0.25) is 0 Å². The van der Waals surface area contributed by atoms with Crippen LogP contribution >= 0.6 is 0 Å². The fraction of sp³-hybridized carbons (Fsp3) is 0.133. The smallest absolute Gasteiger partial charge is 0.259 e. The van der Waals surface area contributed by atoms with E-state index in [4.69, 9.17) is 10.5 Å². The lowest BCUT2D eigenvalue weighted by Gasteiger charge is -2.11. The van der Waals surface area contributed by atoms with Gasteiger partial charge in [0, 0.05) is 11.8 Å². The van der Waals surface area contributed by atoms with Gasteiger partial charge in [-0.15, -0.1) is 0 Å². The van der Waals surface area contributed by atoms with E-state index < -0.39 is 5.91 Å². The largest absolute Gasteiger partial charge is 0.507 e. The number of phenolic OH excluding ortho intramolecular Hbond substituents is 1. The van der Waals surface area contributed by atoms with E-state index in [0.717, 1.165) is 5.56 Å². The predicted octanol–water partition coefficient (Wildman–Crippen LogP) is 2.54. The molecule has 2 aromatic carbocycles. The Balaban J connectivity index is 2.30. The molecule has 5 heteroatoms. The lowest BCUT2D eigenvalue weighted by molar-refractivity contribution is 0.102. The van der Waals surface area contributed by atoms with Gasteiger partial charge in [-0.3, -0.25) is 4.79 Å². The minimum absolute atomic E-state index is 0.0671. The summed E-state index contributed by atoms with van der Waals surface area (Å²) in [6.07, 6.45) is 0. The second kappa shape index (κ2) is 5.52. The SMILES string of the molecule is COc1cc(N)ccc1NC(=O)c1cc(C)ccc1O. The quantitative estimate of drug-likeness (QED) is 0.750. The van der Waals surface area contributed by atoms with Crippen LogP contribution in [-0.4, -0.2) is 18.1 Å². The van der Waals surface area contributed by atoms with Crippen molar-refractivity contribution in [3.05, 3.63) is 47.5 Å². The molecule has 104 valence electrons. The maximum Gasteiger partial charge on any atom is 0.259 e. The second-order valence-electron chi connectivity index (χ2n) is 4.43. The molecule has 0 aliphatic carbocycles. The van der Waals surface area contributed by atoms with Crippen LogP contribution < -0.4 is 15.8 Å². The summed E-state index contributed by atoms with van der Waals surface area (Å²) in [4.78, 5) is 12.2. The number of carbonyl (C=O) groups excluding carboxylic acids is 1. The molecular formula is C15H16N2O3. The summed E-state index contributed by atoms with van der Waals surface area (Å²) in [5.74, 6) is -0.0118. The molecular weight excluding hydrogens is 256 g/mol. The zero-order chi connectivity index (χ0) is 14.7. The molecule has 0 heterocycles. The average Bonchev–Trinajstić information content (AvgIpc) is 2.43. The Morgan fingerprint density at radius 2 is 2.00 bits per heavy atom. The third kappa shape index (κ3) is 2.83. The molecule has 0 atom stereocenters. The molecule has 0 saturated heterocycles. The molecule has 0 fully saturated rings. The van der Waals surface area contributed by atoms with Crippen LogP contribution in [0.4, 0.5) is 11.4 Å². The number of aryl methyl sites for hydroxylation is 1. The number of carbonyl (C=O) groups is 1. The third-order valence-electron chi connectivity index (χ3n) is 2.87. The Hall–Kier alpha value is -2.69. The van der Waals surface area contributed by atoms with Crippen molar-refractivity contribution < 1.29 is 14.6 Å². The molecule has 0 aromatic heterocycles. The maximum atomic E-state index is 12.2. The summed E-state index contributed by atoms with van der Waals surface area (Å²) < 4.78 is 5.16. The fourth-order valence-electron chi connectivity index (χ4n) is 1.83. The number of nitrogens with one attached hydrogen (secondary N) is 1. The number of benzene rings is 2. The molecule has 0 saturated carbocycles. The summed E-state index contributed by atoms with van der Waals surface area (Å²) in [6.45, 7) is 1.85. The first kappa shape index (κ1) is 13.7. The average molecular weight is 272 g/mol. The second-order valence-corrected chi connectivity index (χ2v) is 4.43. The minimum Gasteiger partial charge on any atom is -0.507 e. The molecule has 0 bridgehead atoms. The molecule has 0 radical (unpaired) electrons. The molecule has 0 spiro atoms. The highest BCUT2D eigenvalue weighted by Crippen LogP contribution is 2.28. The van der Waals surface area contributed by atoms with Gasteiger partial charge in [0.15, 0.2) is 0 Å². The van der Waals surface area contributed by atoms with E-state index in [1.165, 1.54) is 13.2 Å². The monoisotopic (exact) mass is 272 g/mol. The number of phenols is 1. The van der Waals surface area contributed by atoms with Gasteiger partial charge in [0.25, 0.3) is 5.91 Å². The Kier molecular flexibility index (Phi) is 3.79. The van der Waals surface area contributed by atoms with E-state index in [9.17, 15) is 9.90 Å². The van der Waals surface area contributed by atoms with Crippen molar-refractivity contribution in [1.82, 2.24) is 0 Å². The molecule has 0 unspecified atom stereocenters. The van der Waals surface area contributed by atoms with Crippen LogP contribution in [-0.2, 0) is 0 Å². The first-order chi connectivity index (χ1) is 9.51. The van der Waals surface area contributed by atoms with Gasteiger partial charge in [-0.25, -0.2) is 0 Å². The first-order valence-electron chi connectivity index (χ1n) is 6.05. The predicted molar refractivity (Wildman–Crippen MR) is 78.2 cm³/mol. The summed E-state index contributed by atoms with van der Waals surface area (Å²) in [7, 11) is 1.49. The van der Waals surface area contributed by atoms with Crippen molar-refractivity contribution in [1.29, 1.82) is 0 Å². The number of anilines is 2. The number of nitrogen functional groups attached to an aromatic ring is 1. The Bertz CT molecular complexity index is 654. The number of aromatic hydroxyl groups is 1. The van der Waals surface area contributed by atoms with Crippen LogP contribution in [0.15, 0.2) is 36.4 Å². The van der Waals surface area contributed by atoms with E-state index in [-0.39, 0.29) is 11.3 Å². The van der Waals surface area contributed by atoms with Crippen LogP contribution in [0.5, 0.6) is 11.5 Å². The van der Waals surface area contributed by atoms with Gasteiger partial charge in [0.05, 0.1) is 18.4 Å². The highest BCUT2D eigenvalue weighted by molar-refractivity contribution is 6.07. The van der Waals surface area contributed by atoms with Crippen molar-refractivity contribution in [2.24, 2.45) is 0 Å². The number of amides is 1. The molecule has 20 heavy (non-hydrogen) atoms. The van der Waals surface area contributed by atoms with E-state index in [2.05, 4.69) is 5.32 Å². The van der Waals surface area contributed by atoms with Crippen LogP contribution in [0.25, 0.3) is 0 Å². The minimum atomic E-state index is -0.408. The highest BCUT2D eigenvalue weighted by Gasteiger charge is 2.13. The van der Waals surface area contributed by atoms with Gasteiger partial charge in [0.1, 0.15) is 11.5 Å². The van der Waals surface area contributed by atoms with Crippen LogP contribution in [0.3, 0.4) is 0 Å². The summed E-state index contributed by atoms with van der Waals surface area (Å²) in [5, 5.41) is 12.4. The van der Waals surface area contributed by atoms with E-state index >= 15 is 0 Å². The third-order valence-corrected chi connectivity index (χ3v) is 2.87. The zero-order valence-electron chi connectivity index (χ0n) is 11.3. The molecule has 0 aliphatic heterocycles. The van der Waals surface area contributed by atoms with E-state index in [1.807, 2.05) is 6.92 Å². The standard InChI is InChI=1S/C15H16N2O3/c1-9-3-6-13(18)11(7-9)15(19)17-12-5-4-10(16)8-14(12)20-2/h3-8,18H,16H2,1-2H3,(H,17,19). The molecule has 2 rings (SSSR count). The van der Waals surface area contributed by atoms with Crippen LogP contribution in [0.1, 0.15) is 15.9 Å². The summed E-state index contributed by atoms with van der Waals surface area (Å²) >= 11 is 0. The van der Waals surface area contributed by atoms with Crippen molar-refractivity contribution in [3.8, 4) is 11.5 Å². The lowest BCUT2D eigenvalue weighted by Crippen LogP contribution is -2.13. The number of ether oxygens (including phenoxy) is 1. The van der Waals surface area contributed by atoms with E-state index in [0.29, 0.717) is 17.1 Å². The van der Waals surface area contributed by atoms with Gasteiger partial charge in [-0.2, -0.15) is 0 Å². The lowest BCUT2D eigenvalue weighted by atomic mass is 10.1. The Morgan fingerprint density at radius 1 is 1.25 bits per heavy atom. The zero-order valence-corrected chi connectivity index (χ0v) is 11.3. The van der Waals surface area contributed by atoms with Gasteiger partial charge < -0.3 is 20.9 Å². The van der Waals surface area contributed by atoms with Gasteiger partial charge in [-0.1, -0.05) is 11.6 Å². The van der Waals surface area contributed by atoms with Crippen LogP contribution in [0.2, 0.25) is 0 Å². The maximum absolute atomic E-state index is 12.2. The van der Waals surface area contributed by atoms with Crippen molar-refractivity contribution in [2.45, 2.75) is 6.92 Å². The van der Waals surface area contributed by atoms with Crippen molar-refractivity contribution in [2.75, 3.05) is 18.2 Å². The fourth-order valence-corrected chi connectivity index (χ4v) is 1.83. The topological polar surface area (TPSA) is 84.6 Å². The molecule has 4 N–H and O–H groups in total. The van der Waals surface area contributed by atoms with Crippen molar-refractivity contribution >= 4 is 17.3 Å².